The fourth-order valence-electron chi connectivity index (χ4n) is 2.04. The van der Waals surface area contributed by atoms with Crippen molar-refractivity contribution in [3.8, 4) is 5.75 Å². The first-order chi connectivity index (χ1) is 8.84. The summed E-state index contributed by atoms with van der Waals surface area (Å²) in [5, 5.41) is 19.4. The van der Waals surface area contributed by atoms with Crippen molar-refractivity contribution in [3.05, 3.63) is 58.8 Å². The number of phenols is 1. The van der Waals surface area contributed by atoms with Crippen LogP contribution in [0.5, 0.6) is 5.75 Å². The lowest BCUT2D eigenvalue weighted by atomic mass is 10.1. The third-order valence-electron chi connectivity index (χ3n) is 2.96. The highest BCUT2D eigenvalue weighted by atomic mass is 32.1. The molecule has 0 aliphatic heterocycles. The van der Waals surface area contributed by atoms with E-state index in [1.807, 2.05) is 30.3 Å². The Morgan fingerprint density at radius 1 is 1.00 bits per heavy atom. The maximum atomic E-state index is 9.82. The van der Waals surface area contributed by atoms with Crippen LogP contribution in [-0.2, 0) is 6.54 Å². The zero-order chi connectivity index (χ0) is 12.4. The van der Waals surface area contributed by atoms with E-state index in [1.54, 1.807) is 17.4 Å². The van der Waals surface area contributed by atoms with Gasteiger partial charge in [-0.2, -0.15) is 11.3 Å². The number of phenolic OH excluding ortho intramolecular Hbond substituents is 1. The third-order valence-corrected chi connectivity index (χ3v) is 3.69. The first-order valence-corrected chi connectivity index (χ1v) is 6.74. The van der Waals surface area contributed by atoms with Crippen LogP contribution in [0.3, 0.4) is 0 Å². The zero-order valence-corrected chi connectivity index (χ0v) is 10.6. The highest BCUT2D eigenvalue weighted by molar-refractivity contribution is 7.07. The van der Waals surface area contributed by atoms with Gasteiger partial charge in [-0.05, 0) is 34.5 Å². The highest BCUT2D eigenvalue weighted by Gasteiger charge is 2.03. The summed E-state index contributed by atoms with van der Waals surface area (Å²) in [6.45, 7) is 0.804. The van der Waals surface area contributed by atoms with E-state index >= 15 is 0 Å². The summed E-state index contributed by atoms with van der Waals surface area (Å²) in [5.41, 5.74) is 2.33. The van der Waals surface area contributed by atoms with Crippen molar-refractivity contribution in [2.75, 3.05) is 5.32 Å². The second-order valence-corrected chi connectivity index (χ2v) is 4.94. The van der Waals surface area contributed by atoms with Gasteiger partial charge in [0, 0.05) is 23.0 Å². The molecule has 3 aromatic rings. The van der Waals surface area contributed by atoms with E-state index in [4.69, 9.17) is 0 Å². The molecular formula is C15H13NOS. The topological polar surface area (TPSA) is 32.3 Å². The fourth-order valence-corrected chi connectivity index (χ4v) is 2.71. The van der Waals surface area contributed by atoms with Crippen molar-refractivity contribution < 1.29 is 5.11 Å². The van der Waals surface area contributed by atoms with Gasteiger partial charge in [0.2, 0.25) is 0 Å². The number of fused-ring (bicyclic) bond motifs is 1. The Bertz CT molecular complexity index is 661. The maximum Gasteiger partial charge on any atom is 0.123 e. The molecule has 0 fully saturated rings. The predicted molar refractivity (Wildman–Crippen MR) is 77.3 cm³/mol. The molecule has 2 N–H and O–H groups in total. The quantitative estimate of drug-likeness (QED) is 0.734. The van der Waals surface area contributed by atoms with E-state index in [0.29, 0.717) is 5.75 Å². The largest absolute Gasteiger partial charge is 0.507 e. The molecule has 2 nitrogen and oxygen atoms in total. The van der Waals surface area contributed by atoms with Gasteiger partial charge in [0.05, 0.1) is 0 Å². The Balaban J connectivity index is 1.94. The van der Waals surface area contributed by atoms with Crippen LogP contribution in [-0.4, -0.2) is 5.11 Å². The number of benzene rings is 2. The molecule has 0 atom stereocenters. The van der Waals surface area contributed by atoms with E-state index in [-0.39, 0.29) is 0 Å². The minimum Gasteiger partial charge on any atom is -0.507 e. The van der Waals surface area contributed by atoms with Gasteiger partial charge in [0.1, 0.15) is 5.75 Å². The van der Waals surface area contributed by atoms with E-state index in [1.165, 1.54) is 5.56 Å². The molecule has 0 saturated carbocycles. The second kappa shape index (κ2) is 4.70. The molecular weight excluding hydrogens is 242 g/mol. The molecule has 90 valence electrons. The minimum atomic E-state index is 0.326. The second-order valence-electron chi connectivity index (χ2n) is 4.16. The lowest BCUT2D eigenvalue weighted by molar-refractivity contribution is 0.481. The maximum absolute atomic E-state index is 9.82. The summed E-state index contributed by atoms with van der Waals surface area (Å²) in [4.78, 5) is 0. The van der Waals surface area contributed by atoms with Crippen molar-refractivity contribution in [1.82, 2.24) is 0 Å². The molecule has 0 unspecified atom stereocenters. The minimum absolute atomic E-state index is 0.326. The van der Waals surface area contributed by atoms with Crippen LogP contribution in [0.4, 0.5) is 5.69 Å². The molecule has 0 bridgehead atoms. The Kier molecular flexibility index (Phi) is 2.90. The van der Waals surface area contributed by atoms with Gasteiger partial charge < -0.3 is 10.4 Å². The highest BCUT2D eigenvalue weighted by Crippen LogP contribution is 2.30. The van der Waals surface area contributed by atoms with Crippen LogP contribution in [0.2, 0.25) is 0 Å². The average Bonchev–Trinajstić information content (AvgIpc) is 2.90. The molecule has 1 aromatic heterocycles. The summed E-state index contributed by atoms with van der Waals surface area (Å²) in [7, 11) is 0. The smallest absolute Gasteiger partial charge is 0.123 e. The molecule has 3 heteroatoms. The number of anilines is 1. The van der Waals surface area contributed by atoms with Crippen LogP contribution < -0.4 is 5.32 Å². The molecule has 0 aliphatic carbocycles. The lowest BCUT2D eigenvalue weighted by Gasteiger charge is -2.09. The zero-order valence-electron chi connectivity index (χ0n) is 9.76. The van der Waals surface area contributed by atoms with Crippen molar-refractivity contribution in [1.29, 1.82) is 0 Å². The van der Waals surface area contributed by atoms with Gasteiger partial charge in [-0.1, -0.05) is 24.3 Å². The average molecular weight is 255 g/mol. The molecule has 1 heterocycles. The van der Waals surface area contributed by atoms with Crippen LogP contribution in [0.25, 0.3) is 10.8 Å². The molecule has 0 amide bonds. The van der Waals surface area contributed by atoms with E-state index in [9.17, 15) is 5.11 Å². The number of thiophene rings is 1. The lowest BCUT2D eigenvalue weighted by Crippen LogP contribution is -1.98. The molecule has 3 rings (SSSR count). The first-order valence-electron chi connectivity index (χ1n) is 5.80. The molecule has 18 heavy (non-hydrogen) atoms. The molecule has 2 aromatic carbocycles. The van der Waals surface area contributed by atoms with E-state index in [2.05, 4.69) is 22.1 Å². The van der Waals surface area contributed by atoms with Gasteiger partial charge in [-0.15, -0.1) is 0 Å². The van der Waals surface area contributed by atoms with Gasteiger partial charge in [-0.3, -0.25) is 0 Å². The number of hydrogen-bond acceptors (Lipinski definition) is 3. The Morgan fingerprint density at radius 3 is 2.67 bits per heavy atom. The molecule has 0 aliphatic rings. The SMILES string of the molecule is Oc1cccc2c(NCc3ccsc3)cccc12. The number of rotatable bonds is 3. The first kappa shape index (κ1) is 11.1. The Morgan fingerprint density at radius 2 is 1.83 bits per heavy atom. The van der Waals surface area contributed by atoms with Crippen molar-refractivity contribution >= 4 is 27.8 Å². The summed E-state index contributed by atoms with van der Waals surface area (Å²) >= 11 is 1.70. The Labute approximate surface area is 110 Å². The van der Waals surface area contributed by atoms with Gasteiger partial charge >= 0.3 is 0 Å². The standard InChI is InChI=1S/C15H13NOS/c17-15-6-2-3-12-13(15)4-1-5-14(12)16-9-11-7-8-18-10-11/h1-8,10,16-17H,9H2. The van der Waals surface area contributed by atoms with E-state index < -0.39 is 0 Å². The van der Waals surface area contributed by atoms with Crippen LogP contribution in [0.1, 0.15) is 5.56 Å². The van der Waals surface area contributed by atoms with Crippen LogP contribution >= 0.6 is 11.3 Å². The van der Waals surface area contributed by atoms with Gasteiger partial charge in [0.15, 0.2) is 0 Å². The normalized spacial score (nSPS) is 10.7. The monoisotopic (exact) mass is 255 g/mol. The van der Waals surface area contributed by atoms with Crippen LogP contribution in [0, 0.1) is 0 Å². The molecule has 0 spiro atoms. The molecule has 0 radical (unpaired) electrons. The number of aromatic hydroxyl groups is 1. The number of nitrogens with one attached hydrogen (secondary N) is 1. The number of hydrogen-bond donors (Lipinski definition) is 2. The van der Waals surface area contributed by atoms with Crippen molar-refractivity contribution in [3.63, 3.8) is 0 Å². The summed E-state index contributed by atoms with van der Waals surface area (Å²) < 4.78 is 0. The summed E-state index contributed by atoms with van der Waals surface area (Å²) in [6.07, 6.45) is 0. The summed E-state index contributed by atoms with van der Waals surface area (Å²) in [6, 6.07) is 13.6. The van der Waals surface area contributed by atoms with Gasteiger partial charge in [-0.25, -0.2) is 0 Å². The molecule has 0 saturated heterocycles. The Hall–Kier alpha value is -2.00. The van der Waals surface area contributed by atoms with Crippen molar-refractivity contribution in [2.45, 2.75) is 6.54 Å². The summed E-state index contributed by atoms with van der Waals surface area (Å²) in [5.74, 6) is 0.326. The van der Waals surface area contributed by atoms with Gasteiger partial charge in [0.25, 0.3) is 0 Å². The predicted octanol–water partition coefficient (Wildman–Crippen LogP) is 4.22. The van der Waals surface area contributed by atoms with Crippen molar-refractivity contribution in [2.24, 2.45) is 0 Å². The third kappa shape index (κ3) is 2.05. The van der Waals surface area contributed by atoms with E-state index in [0.717, 1.165) is 23.0 Å². The fraction of sp³-hybridized carbons (Fsp3) is 0.0667. The van der Waals surface area contributed by atoms with Crippen LogP contribution in [0.15, 0.2) is 53.2 Å².